The topological polar surface area (TPSA) is 63.7 Å². The number of amides is 2. The molecule has 0 unspecified atom stereocenters. The number of imide groups is 1. The van der Waals surface area contributed by atoms with E-state index in [0.29, 0.717) is 0 Å². The normalized spacial score (nSPS) is 30.3. The molecule has 0 N–H and O–H groups in total. The van der Waals surface area contributed by atoms with E-state index >= 15 is 0 Å². The number of carbonyl (C=O) groups is 3. The number of benzene rings is 2. The molecule has 5 nitrogen and oxygen atoms in total. The predicted octanol–water partition coefficient (Wildman–Crippen LogP) is 4.09. The summed E-state index contributed by atoms with van der Waals surface area (Å²) in [6, 6.07) is 15.8. The molecule has 6 rings (SSSR count). The number of esters is 1. The largest absolute Gasteiger partial charge is 0.464 e. The minimum absolute atomic E-state index is 0.174. The number of halogens is 2. The van der Waals surface area contributed by atoms with Gasteiger partial charge in [-0.1, -0.05) is 94.2 Å². The van der Waals surface area contributed by atoms with Gasteiger partial charge in [-0.3, -0.25) is 19.3 Å². The molecule has 1 fully saturated rings. The molecular weight excluding hydrogens is 526 g/mol. The van der Waals surface area contributed by atoms with E-state index in [1.165, 1.54) is 0 Å². The highest BCUT2D eigenvalue weighted by Gasteiger charge is 2.72. The fourth-order valence-corrected chi connectivity index (χ4v) is 7.62. The molecule has 1 saturated heterocycles. The average molecular weight is 547 g/mol. The van der Waals surface area contributed by atoms with Gasteiger partial charge >= 0.3 is 5.97 Å². The number of carbonyl (C=O) groups excluding carboxylic acids is 3. The van der Waals surface area contributed by atoms with Crippen molar-refractivity contribution < 1.29 is 19.1 Å². The summed E-state index contributed by atoms with van der Waals surface area (Å²) in [5, 5.41) is 0. The van der Waals surface area contributed by atoms with Gasteiger partial charge in [0.1, 0.15) is 6.54 Å². The molecule has 2 atom stereocenters. The van der Waals surface area contributed by atoms with E-state index in [1.807, 2.05) is 62.4 Å². The Kier molecular flexibility index (Phi) is 4.72. The zero-order valence-corrected chi connectivity index (χ0v) is 20.3. The lowest BCUT2D eigenvalue weighted by Crippen LogP contribution is -2.56. The van der Waals surface area contributed by atoms with Crippen molar-refractivity contribution >= 4 is 49.6 Å². The Morgan fingerprint density at radius 2 is 1.29 bits per heavy atom. The summed E-state index contributed by atoms with van der Waals surface area (Å²) in [6.45, 7) is 3.76. The Hall–Kier alpha value is -1.99. The van der Waals surface area contributed by atoms with E-state index in [-0.39, 0.29) is 30.9 Å². The molecule has 2 bridgehead atoms. The first-order valence-electron chi connectivity index (χ1n) is 10.3. The van der Waals surface area contributed by atoms with E-state index in [0.717, 1.165) is 27.2 Å². The maximum Gasteiger partial charge on any atom is 0.326 e. The standard InChI is InChI=1S/C24H21Br2NO4/c1-13(2)12-31-18(28)11-27-21(29)19-20(22(27)30)24(26)15-8-4-3-7-14(15)23(19,25)16-9-5-6-10-17(16)24/h3-10,13,19-20H,11-12H2,1-2H3/t19-,20-,23?,24?/m1/s1. The Bertz CT molecular complexity index is 1010. The van der Waals surface area contributed by atoms with Crippen LogP contribution in [0.3, 0.4) is 0 Å². The molecule has 2 aromatic carbocycles. The first-order chi connectivity index (χ1) is 14.7. The first-order valence-corrected chi connectivity index (χ1v) is 11.9. The number of alkyl halides is 2. The van der Waals surface area contributed by atoms with Crippen molar-refractivity contribution in [3.8, 4) is 0 Å². The second-order valence-electron chi connectivity index (χ2n) is 8.81. The van der Waals surface area contributed by atoms with Gasteiger partial charge in [-0.15, -0.1) is 0 Å². The molecule has 7 heteroatoms. The summed E-state index contributed by atoms with van der Waals surface area (Å²) in [5.41, 5.74) is 3.88. The van der Waals surface area contributed by atoms with Crippen molar-refractivity contribution in [2.75, 3.05) is 13.2 Å². The third kappa shape index (κ3) is 2.62. The second kappa shape index (κ2) is 7.01. The summed E-state index contributed by atoms with van der Waals surface area (Å²) in [7, 11) is 0. The molecule has 31 heavy (non-hydrogen) atoms. The second-order valence-corrected chi connectivity index (χ2v) is 11.3. The molecule has 2 aromatic rings. The van der Waals surface area contributed by atoms with Crippen molar-refractivity contribution in [3.63, 3.8) is 0 Å². The maximum atomic E-state index is 13.6. The summed E-state index contributed by atoms with van der Waals surface area (Å²) >= 11 is 7.87. The highest BCUT2D eigenvalue weighted by molar-refractivity contribution is 9.10. The molecule has 160 valence electrons. The van der Waals surface area contributed by atoms with E-state index in [4.69, 9.17) is 4.74 Å². The Morgan fingerprint density at radius 3 is 1.65 bits per heavy atom. The molecule has 0 radical (unpaired) electrons. The highest BCUT2D eigenvalue weighted by atomic mass is 79.9. The predicted molar refractivity (Wildman–Crippen MR) is 122 cm³/mol. The van der Waals surface area contributed by atoms with E-state index in [2.05, 4.69) is 31.9 Å². The SMILES string of the molecule is CC(C)COC(=O)CN1C(=O)[C@H]2[C@H](C1=O)C1(Br)c3ccccc3C2(Br)c2ccccc21. The zero-order valence-electron chi connectivity index (χ0n) is 17.1. The highest BCUT2D eigenvalue weighted by Crippen LogP contribution is 2.70. The van der Waals surface area contributed by atoms with Crippen molar-refractivity contribution in [1.82, 2.24) is 4.90 Å². The van der Waals surface area contributed by atoms with Crippen LogP contribution < -0.4 is 0 Å². The lowest BCUT2D eigenvalue weighted by molar-refractivity contribution is -0.153. The number of rotatable bonds is 4. The molecule has 3 aliphatic carbocycles. The lowest BCUT2D eigenvalue weighted by atomic mass is 9.54. The molecular formula is C24H21Br2NO4. The van der Waals surface area contributed by atoms with Crippen molar-refractivity contribution in [1.29, 1.82) is 0 Å². The van der Waals surface area contributed by atoms with Crippen LogP contribution in [-0.2, 0) is 27.8 Å². The summed E-state index contributed by atoms with van der Waals surface area (Å²) in [5.74, 6) is -2.41. The molecule has 0 spiro atoms. The van der Waals surface area contributed by atoms with Crippen molar-refractivity contribution in [2.45, 2.75) is 22.5 Å². The van der Waals surface area contributed by atoms with Gasteiger partial charge in [0.15, 0.2) is 0 Å². The van der Waals surface area contributed by atoms with Gasteiger partial charge < -0.3 is 4.74 Å². The fourth-order valence-electron chi connectivity index (χ4n) is 5.31. The van der Waals surface area contributed by atoms with E-state index in [1.54, 1.807) is 0 Å². The van der Waals surface area contributed by atoms with E-state index in [9.17, 15) is 14.4 Å². The minimum atomic E-state index is -0.844. The van der Waals surface area contributed by atoms with Gasteiger partial charge in [0.05, 0.1) is 27.1 Å². The monoisotopic (exact) mass is 545 g/mol. The average Bonchev–Trinajstić information content (AvgIpc) is 3.02. The number of likely N-dealkylation sites (tertiary alicyclic amines) is 1. The molecule has 4 aliphatic rings. The van der Waals surface area contributed by atoms with Gasteiger partial charge in [0.25, 0.3) is 0 Å². The molecule has 1 heterocycles. The summed E-state index contributed by atoms with van der Waals surface area (Å²) in [6.07, 6.45) is 0. The zero-order chi connectivity index (χ0) is 22.1. The molecule has 0 saturated carbocycles. The first kappa shape index (κ1) is 20.9. The van der Waals surface area contributed by atoms with Crippen molar-refractivity contribution in [3.05, 3.63) is 70.8 Å². The van der Waals surface area contributed by atoms with Crippen molar-refractivity contribution in [2.24, 2.45) is 17.8 Å². The Labute approximate surface area is 197 Å². The van der Waals surface area contributed by atoms with Crippen LogP contribution in [0.25, 0.3) is 0 Å². The van der Waals surface area contributed by atoms with Crippen LogP contribution >= 0.6 is 31.9 Å². The summed E-state index contributed by atoms with van der Waals surface area (Å²) in [4.78, 5) is 40.7. The third-order valence-corrected chi connectivity index (χ3v) is 9.24. The lowest BCUT2D eigenvalue weighted by Gasteiger charge is -2.55. The van der Waals surface area contributed by atoms with Gasteiger partial charge in [0, 0.05) is 0 Å². The number of hydrogen-bond acceptors (Lipinski definition) is 4. The number of ether oxygens (including phenoxy) is 1. The quantitative estimate of drug-likeness (QED) is 0.329. The maximum absolute atomic E-state index is 13.6. The van der Waals surface area contributed by atoms with Gasteiger partial charge in [-0.05, 0) is 28.2 Å². The summed E-state index contributed by atoms with van der Waals surface area (Å²) < 4.78 is 3.56. The smallest absolute Gasteiger partial charge is 0.326 e. The van der Waals surface area contributed by atoms with Gasteiger partial charge in [0.2, 0.25) is 11.8 Å². The Morgan fingerprint density at radius 1 is 0.903 bits per heavy atom. The van der Waals surface area contributed by atoms with Crippen LogP contribution in [0.1, 0.15) is 36.1 Å². The van der Waals surface area contributed by atoms with Crippen LogP contribution in [0.15, 0.2) is 48.5 Å². The van der Waals surface area contributed by atoms with Crippen LogP contribution in [0.4, 0.5) is 0 Å². The number of hydrogen-bond donors (Lipinski definition) is 0. The Balaban J connectivity index is 1.64. The van der Waals surface area contributed by atoms with Crippen LogP contribution in [0, 0.1) is 17.8 Å². The third-order valence-electron chi connectivity index (χ3n) is 6.54. The number of nitrogens with zero attached hydrogens (tertiary/aromatic N) is 1. The van der Waals surface area contributed by atoms with Crippen LogP contribution in [0.5, 0.6) is 0 Å². The van der Waals surface area contributed by atoms with Crippen LogP contribution in [-0.4, -0.2) is 35.8 Å². The minimum Gasteiger partial charge on any atom is -0.464 e. The fraction of sp³-hybridized carbons (Fsp3) is 0.375. The molecule has 1 aliphatic heterocycles. The van der Waals surface area contributed by atoms with E-state index < -0.39 is 26.5 Å². The van der Waals surface area contributed by atoms with Gasteiger partial charge in [-0.25, -0.2) is 0 Å². The van der Waals surface area contributed by atoms with Crippen LogP contribution in [0.2, 0.25) is 0 Å². The molecule has 0 aromatic heterocycles. The van der Waals surface area contributed by atoms with Gasteiger partial charge in [-0.2, -0.15) is 0 Å². The molecule has 2 amide bonds.